The number of barbiturate groups is 1. The van der Waals surface area contributed by atoms with E-state index in [1.165, 1.54) is 13.2 Å². The molecule has 9 heteroatoms. The molecule has 1 aliphatic carbocycles. The zero-order chi connectivity index (χ0) is 20.3. The number of hydrogen-bond donors (Lipinski definition) is 1. The quantitative estimate of drug-likeness (QED) is 0.419. The van der Waals surface area contributed by atoms with Crippen molar-refractivity contribution in [1.29, 1.82) is 0 Å². The summed E-state index contributed by atoms with van der Waals surface area (Å²) in [6.45, 7) is -0.241. The van der Waals surface area contributed by atoms with Crippen LogP contribution in [0.2, 0.25) is 0 Å². The van der Waals surface area contributed by atoms with Gasteiger partial charge in [0.2, 0.25) is 0 Å². The Morgan fingerprint density at radius 2 is 2.00 bits per heavy atom. The second-order valence-electron chi connectivity index (χ2n) is 6.49. The molecule has 2 fully saturated rings. The third-order valence-corrected chi connectivity index (χ3v) is 5.28. The molecule has 0 atom stereocenters. The Labute approximate surface area is 170 Å². The van der Waals surface area contributed by atoms with Gasteiger partial charge < -0.3 is 9.47 Å². The first-order valence-corrected chi connectivity index (χ1v) is 9.59. The summed E-state index contributed by atoms with van der Waals surface area (Å²) in [6, 6.07) is 4.05. The van der Waals surface area contributed by atoms with E-state index >= 15 is 0 Å². The molecule has 0 spiro atoms. The molecule has 2 aliphatic rings. The lowest BCUT2D eigenvalue weighted by molar-refractivity contribution is -0.143. The van der Waals surface area contributed by atoms with Gasteiger partial charge >= 0.3 is 12.0 Å². The lowest BCUT2D eigenvalue weighted by atomic mass is 10.1. The summed E-state index contributed by atoms with van der Waals surface area (Å²) in [5.41, 5.74) is 0.471. The standard InChI is InChI=1S/C19H19BrN2O6/c1-27-16(23)10-28-15-7-6-11(9-14(15)20)8-13-17(24)21-19(26)22(18(13)25)12-4-2-3-5-12/h6-9,12H,2-5,10H2,1H3,(H,21,24,26)/b13-8+. The van der Waals surface area contributed by atoms with Crippen LogP contribution in [0.15, 0.2) is 28.2 Å². The highest BCUT2D eigenvalue weighted by molar-refractivity contribution is 9.10. The number of esters is 1. The zero-order valence-corrected chi connectivity index (χ0v) is 16.8. The van der Waals surface area contributed by atoms with Gasteiger partial charge in [0.05, 0.1) is 11.6 Å². The summed E-state index contributed by atoms with van der Waals surface area (Å²) >= 11 is 3.33. The molecule has 1 N–H and O–H groups in total. The van der Waals surface area contributed by atoms with Crippen LogP contribution in [-0.4, -0.2) is 48.5 Å². The van der Waals surface area contributed by atoms with Gasteiger partial charge in [-0.25, -0.2) is 9.59 Å². The number of urea groups is 1. The molecule has 1 aromatic rings. The van der Waals surface area contributed by atoms with Crippen LogP contribution in [0.3, 0.4) is 0 Å². The second-order valence-corrected chi connectivity index (χ2v) is 7.34. The van der Waals surface area contributed by atoms with Gasteiger partial charge in [-0.15, -0.1) is 0 Å². The first-order valence-electron chi connectivity index (χ1n) is 8.80. The molecule has 0 bridgehead atoms. The molecule has 0 radical (unpaired) electrons. The van der Waals surface area contributed by atoms with Crippen molar-refractivity contribution in [2.45, 2.75) is 31.7 Å². The lowest BCUT2D eigenvalue weighted by Gasteiger charge is -2.31. The first-order chi connectivity index (χ1) is 13.4. The van der Waals surface area contributed by atoms with E-state index in [-0.39, 0.29) is 18.2 Å². The maximum atomic E-state index is 12.8. The molecular formula is C19H19BrN2O6. The minimum Gasteiger partial charge on any atom is -0.481 e. The molecule has 0 aromatic heterocycles. The van der Waals surface area contributed by atoms with Gasteiger partial charge in [0.15, 0.2) is 6.61 Å². The minimum atomic E-state index is -0.716. The van der Waals surface area contributed by atoms with Crippen molar-refractivity contribution in [3.05, 3.63) is 33.8 Å². The summed E-state index contributed by atoms with van der Waals surface area (Å²) in [5.74, 6) is -1.40. The number of nitrogens with one attached hydrogen (secondary N) is 1. The van der Waals surface area contributed by atoms with Crippen molar-refractivity contribution >= 4 is 45.8 Å². The lowest BCUT2D eigenvalue weighted by Crippen LogP contribution is -2.57. The average molecular weight is 451 g/mol. The number of carbonyl (C=O) groups is 4. The maximum Gasteiger partial charge on any atom is 0.343 e. The highest BCUT2D eigenvalue weighted by Crippen LogP contribution is 2.29. The number of methoxy groups -OCH3 is 1. The van der Waals surface area contributed by atoms with E-state index in [9.17, 15) is 19.2 Å². The molecule has 1 saturated carbocycles. The van der Waals surface area contributed by atoms with E-state index in [0.717, 1.165) is 30.6 Å². The van der Waals surface area contributed by atoms with Crippen LogP contribution in [-0.2, 0) is 19.1 Å². The van der Waals surface area contributed by atoms with E-state index in [1.54, 1.807) is 18.2 Å². The SMILES string of the molecule is COC(=O)COc1ccc(/C=C2\C(=O)NC(=O)N(C3CCCC3)C2=O)cc1Br. The number of rotatable bonds is 5. The molecule has 1 aliphatic heterocycles. The van der Waals surface area contributed by atoms with E-state index < -0.39 is 23.8 Å². The van der Waals surface area contributed by atoms with Crippen LogP contribution in [0.4, 0.5) is 4.79 Å². The number of hydrogen-bond acceptors (Lipinski definition) is 6. The fourth-order valence-electron chi connectivity index (χ4n) is 3.25. The zero-order valence-electron chi connectivity index (χ0n) is 15.2. The van der Waals surface area contributed by atoms with Crippen molar-refractivity contribution in [2.24, 2.45) is 0 Å². The molecule has 1 aromatic carbocycles. The Morgan fingerprint density at radius 1 is 1.29 bits per heavy atom. The fourth-order valence-corrected chi connectivity index (χ4v) is 3.76. The summed E-state index contributed by atoms with van der Waals surface area (Å²) < 4.78 is 10.4. The van der Waals surface area contributed by atoms with E-state index in [0.29, 0.717) is 15.8 Å². The Bertz CT molecular complexity index is 860. The van der Waals surface area contributed by atoms with E-state index in [2.05, 4.69) is 26.0 Å². The summed E-state index contributed by atoms with van der Waals surface area (Å²) in [5, 5.41) is 2.24. The van der Waals surface area contributed by atoms with Gasteiger partial charge in [-0.3, -0.25) is 19.8 Å². The molecule has 8 nitrogen and oxygen atoms in total. The van der Waals surface area contributed by atoms with Gasteiger partial charge in [-0.2, -0.15) is 0 Å². The highest BCUT2D eigenvalue weighted by Gasteiger charge is 2.40. The topological polar surface area (TPSA) is 102 Å². The van der Waals surface area contributed by atoms with Crippen molar-refractivity contribution in [3.63, 3.8) is 0 Å². The average Bonchev–Trinajstić information content (AvgIpc) is 3.18. The van der Waals surface area contributed by atoms with Gasteiger partial charge in [0, 0.05) is 6.04 Å². The third-order valence-electron chi connectivity index (χ3n) is 4.66. The molecule has 28 heavy (non-hydrogen) atoms. The predicted molar refractivity (Wildman–Crippen MR) is 102 cm³/mol. The fraction of sp³-hybridized carbons (Fsp3) is 0.368. The summed E-state index contributed by atoms with van der Waals surface area (Å²) in [6.07, 6.45) is 4.83. The van der Waals surface area contributed by atoms with Crippen LogP contribution in [0.25, 0.3) is 6.08 Å². The molecule has 0 unspecified atom stereocenters. The van der Waals surface area contributed by atoms with E-state index in [4.69, 9.17) is 4.74 Å². The summed E-state index contributed by atoms with van der Waals surface area (Å²) in [4.78, 5) is 49.5. The molecular weight excluding hydrogens is 432 g/mol. The van der Waals surface area contributed by atoms with Crippen LogP contribution in [0.5, 0.6) is 5.75 Å². The van der Waals surface area contributed by atoms with Crippen LogP contribution in [0.1, 0.15) is 31.2 Å². The van der Waals surface area contributed by atoms with Crippen LogP contribution < -0.4 is 10.1 Å². The maximum absolute atomic E-state index is 12.8. The van der Waals surface area contributed by atoms with Crippen molar-refractivity contribution < 1.29 is 28.7 Å². The molecule has 1 heterocycles. The molecule has 148 valence electrons. The highest BCUT2D eigenvalue weighted by atomic mass is 79.9. The monoisotopic (exact) mass is 450 g/mol. The smallest absolute Gasteiger partial charge is 0.343 e. The number of amides is 4. The van der Waals surface area contributed by atoms with Gasteiger partial charge in [0.1, 0.15) is 11.3 Å². The number of ether oxygens (including phenoxy) is 2. The normalized spacial score (nSPS) is 19.1. The molecule has 4 amide bonds. The van der Waals surface area contributed by atoms with Gasteiger partial charge in [0.25, 0.3) is 11.8 Å². The Kier molecular flexibility index (Phi) is 6.13. The predicted octanol–water partition coefficient (Wildman–Crippen LogP) is 2.41. The largest absolute Gasteiger partial charge is 0.481 e. The number of imide groups is 2. The Hall–Kier alpha value is -2.68. The van der Waals surface area contributed by atoms with Crippen molar-refractivity contribution in [2.75, 3.05) is 13.7 Å². The number of carbonyl (C=O) groups excluding carboxylic acids is 4. The molecule has 1 saturated heterocycles. The minimum absolute atomic E-state index is 0.0957. The second kappa shape index (κ2) is 8.55. The Morgan fingerprint density at radius 3 is 2.64 bits per heavy atom. The van der Waals surface area contributed by atoms with Crippen molar-refractivity contribution in [3.8, 4) is 5.75 Å². The van der Waals surface area contributed by atoms with Crippen molar-refractivity contribution in [1.82, 2.24) is 10.2 Å². The number of halogens is 1. The first kappa shape index (κ1) is 20.1. The number of benzene rings is 1. The van der Waals surface area contributed by atoms with Gasteiger partial charge in [-0.05, 0) is 52.5 Å². The van der Waals surface area contributed by atoms with E-state index in [1.807, 2.05) is 0 Å². The Balaban J connectivity index is 1.81. The van der Waals surface area contributed by atoms with Crippen LogP contribution in [0, 0.1) is 0 Å². The number of nitrogens with zero attached hydrogens (tertiary/aromatic N) is 1. The molecule has 3 rings (SSSR count). The third kappa shape index (κ3) is 4.24. The van der Waals surface area contributed by atoms with Crippen LogP contribution >= 0.6 is 15.9 Å². The van der Waals surface area contributed by atoms with Gasteiger partial charge in [-0.1, -0.05) is 18.9 Å². The summed E-state index contributed by atoms with van der Waals surface area (Å²) in [7, 11) is 1.27.